The second-order valence-electron chi connectivity index (χ2n) is 4.67. The summed E-state index contributed by atoms with van der Waals surface area (Å²) in [6.45, 7) is 4.49. The Balaban J connectivity index is 2.33. The molecule has 0 spiro atoms. The lowest BCUT2D eigenvalue weighted by Gasteiger charge is -2.19. The number of halogens is 1. The van der Waals surface area contributed by atoms with E-state index in [0.717, 1.165) is 24.8 Å². The maximum Gasteiger partial charge on any atom is 0.123 e. The van der Waals surface area contributed by atoms with E-state index in [0.29, 0.717) is 12.1 Å². The molecule has 0 saturated carbocycles. The Morgan fingerprint density at radius 3 is 2.41 bits per heavy atom. The van der Waals surface area contributed by atoms with Crippen LogP contribution in [0.3, 0.4) is 0 Å². The first kappa shape index (κ1) is 14.1. The van der Waals surface area contributed by atoms with Crippen LogP contribution in [-0.4, -0.2) is 23.8 Å². The summed E-state index contributed by atoms with van der Waals surface area (Å²) in [6.07, 6.45) is 2.70. The fourth-order valence-corrected chi connectivity index (χ4v) is 2.00. The van der Waals surface area contributed by atoms with Gasteiger partial charge < -0.3 is 10.4 Å². The number of hydrogen-bond acceptors (Lipinski definition) is 2. The molecule has 0 unspecified atom stereocenters. The van der Waals surface area contributed by atoms with Crippen molar-refractivity contribution in [2.45, 2.75) is 45.2 Å². The van der Waals surface area contributed by atoms with Crippen LogP contribution in [0, 0.1) is 5.82 Å². The molecule has 3 heteroatoms. The number of aliphatic hydroxyl groups excluding tert-OH is 1. The molecule has 0 amide bonds. The average Bonchev–Trinajstić information content (AvgIpc) is 2.29. The van der Waals surface area contributed by atoms with E-state index in [2.05, 4.69) is 19.2 Å². The predicted molar refractivity (Wildman–Crippen MR) is 68.5 cm³/mol. The van der Waals surface area contributed by atoms with Crippen LogP contribution in [0.5, 0.6) is 0 Å². The maximum atomic E-state index is 12.7. The van der Waals surface area contributed by atoms with E-state index in [1.807, 2.05) is 12.1 Å². The van der Waals surface area contributed by atoms with E-state index in [4.69, 9.17) is 5.11 Å². The van der Waals surface area contributed by atoms with Gasteiger partial charge in [0.2, 0.25) is 0 Å². The van der Waals surface area contributed by atoms with Crippen molar-refractivity contribution in [3.63, 3.8) is 0 Å². The zero-order valence-electron chi connectivity index (χ0n) is 10.6. The van der Waals surface area contributed by atoms with E-state index in [-0.39, 0.29) is 12.4 Å². The summed E-state index contributed by atoms with van der Waals surface area (Å²) in [5.74, 6) is -0.189. The molecule has 2 N–H and O–H groups in total. The van der Waals surface area contributed by atoms with Crippen molar-refractivity contribution in [1.29, 1.82) is 0 Å². The van der Waals surface area contributed by atoms with Gasteiger partial charge in [-0.2, -0.15) is 0 Å². The van der Waals surface area contributed by atoms with Crippen molar-refractivity contribution in [3.8, 4) is 0 Å². The number of hydrogen-bond donors (Lipinski definition) is 2. The minimum atomic E-state index is -0.189. The molecule has 17 heavy (non-hydrogen) atoms. The number of aliphatic hydroxyl groups is 1. The van der Waals surface area contributed by atoms with Crippen LogP contribution in [0.4, 0.5) is 4.39 Å². The Hall–Kier alpha value is -0.930. The van der Waals surface area contributed by atoms with Gasteiger partial charge in [0.25, 0.3) is 0 Å². The van der Waals surface area contributed by atoms with Crippen LogP contribution in [0.1, 0.15) is 32.3 Å². The van der Waals surface area contributed by atoms with Crippen LogP contribution in [0.25, 0.3) is 0 Å². The van der Waals surface area contributed by atoms with Crippen molar-refractivity contribution in [2.24, 2.45) is 0 Å². The first-order chi connectivity index (χ1) is 8.11. The Kier molecular flexibility index (Phi) is 6.16. The second-order valence-corrected chi connectivity index (χ2v) is 4.67. The molecule has 0 saturated heterocycles. The van der Waals surface area contributed by atoms with Crippen LogP contribution < -0.4 is 5.32 Å². The summed E-state index contributed by atoms with van der Waals surface area (Å²) in [7, 11) is 0. The largest absolute Gasteiger partial charge is 0.396 e. The molecular weight excluding hydrogens is 217 g/mol. The molecule has 96 valence electrons. The molecule has 0 heterocycles. The normalized spacial score (nSPS) is 14.6. The summed E-state index contributed by atoms with van der Waals surface area (Å²) < 4.78 is 12.7. The van der Waals surface area contributed by atoms with Gasteiger partial charge >= 0.3 is 0 Å². The Morgan fingerprint density at radius 2 is 1.82 bits per heavy atom. The fourth-order valence-electron chi connectivity index (χ4n) is 2.00. The summed E-state index contributed by atoms with van der Waals surface area (Å²) in [6, 6.07) is 7.40. The Labute approximate surface area is 103 Å². The molecule has 0 aliphatic carbocycles. The molecule has 0 radical (unpaired) electrons. The summed E-state index contributed by atoms with van der Waals surface area (Å²) in [5, 5.41) is 12.2. The van der Waals surface area contributed by atoms with Crippen molar-refractivity contribution in [1.82, 2.24) is 5.32 Å². The third-order valence-corrected chi connectivity index (χ3v) is 2.82. The van der Waals surface area contributed by atoms with E-state index >= 15 is 0 Å². The lowest BCUT2D eigenvalue weighted by molar-refractivity contribution is 0.274. The summed E-state index contributed by atoms with van der Waals surface area (Å²) in [4.78, 5) is 0. The van der Waals surface area contributed by atoms with Gasteiger partial charge in [-0.3, -0.25) is 0 Å². The highest BCUT2D eigenvalue weighted by Crippen LogP contribution is 2.07. The number of benzene rings is 1. The van der Waals surface area contributed by atoms with Crippen LogP contribution in [0.15, 0.2) is 24.3 Å². The fraction of sp³-hybridized carbons (Fsp3) is 0.571. The molecule has 1 aromatic rings. The molecule has 1 rings (SSSR count). The first-order valence-electron chi connectivity index (χ1n) is 6.23. The standard InChI is InChI=1S/C14H22FNO/c1-11(4-3-9-17)16-12(2)10-13-5-7-14(15)8-6-13/h5-8,11-12,16-17H,3-4,9-10H2,1-2H3/t11-,12-/m1/s1. The molecular formula is C14H22FNO. The molecule has 0 bridgehead atoms. The van der Waals surface area contributed by atoms with Gasteiger partial charge in [0.05, 0.1) is 0 Å². The molecule has 0 fully saturated rings. The van der Waals surface area contributed by atoms with Crippen molar-refractivity contribution < 1.29 is 9.50 Å². The Morgan fingerprint density at radius 1 is 1.18 bits per heavy atom. The smallest absolute Gasteiger partial charge is 0.123 e. The number of rotatable bonds is 7. The van der Waals surface area contributed by atoms with Crippen LogP contribution in [-0.2, 0) is 6.42 Å². The zero-order valence-corrected chi connectivity index (χ0v) is 10.6. The monoisotopic (exact) mass is 239 g/mol. The van der Waals surface area contributed by atoms with Gasteiger partial charge in [-0.1, -0.05) is 12.1 Å². The lowest BCUT2D eigenvalue weighted by atomic mass is 10.1. The van der Waals surface area contributed by atoms with E-state index in [1.165, 1.54) is 12.1 Å². The highest BCUT2D eigenvalue weighted by molar-refractivity contribution is 5.17. The average molecular weight is 239 g/mol. The van der Waals surface area contributed by atoms with Gasteiger partial charge in [-0.05, 0) is 50.8 Å². The minimum Gasteiger partial charge on any atom is -0.396 e. The highest BCUT2D eigenvalue weighted by Gasteiger charge is 2.07. The van der Waals surface area contributed by atoms with Gasteiger partial charge in [-0.25, -0.2) is 4.39 Å². The third-order valence-electron chi connectivity index (χ3n) is 2.82. The van der Waals surface area contributed by atoms with Gasteiger partial charge in [-0.15, -0.1) is 0 Å². The molecule has 1 aromatic carbocycles. The molecule has 2 nitrogen and oxygen atoms in total. The third kappa shape index (κ3) is 5.80. The van der Waals surface area contributed by atoms with E-state index in [1.54, 1.807) is 0 Å². The molecule has 0 aliphatic heterocycles. The quantitative estimate of drug-likeness (QED) is 0.766. The molecule has 2 atom stereocenters. The van der Waals surface area contributed by atoms with Crippen molar-refractivity contribution in [2.75, 3.05) is 6.61 Å². The molecule has 0 aliphatic rings. The van der Waals surface area contributed by atoms with Crippen molar-refractivity contribution >= 4 is 0 Å². The first-order valence-corrected chi connectivity index (χ1v) is 6.23. The number of nitrogens with one attached hydrogen (secondary N) is 1. The van der Waals surface area contributed by atoms with E-state index in [9.17, 15) is 4.39 Å². The summed E-state index contributed by atoms with van der Waals surface area (Å²) in [5.41, 5.74) is 1.14. The van der Waals surface area contributed by atoms with E-state index < -0.39 is 0 Å². The lowest BCUT2D eigenvalue weighted by Crippen LogP contribution is -2.35. The topological polar surface area (TPSA) is 32.3 Å². The van der Waals surface area contributed by atoms with Crippen molar-refractivity contribution in [3.05, 3.63) is 35.6 Å². The Bertz CT molecular complexity index is 313. The highest BCUT2D eigenvalue weighted by atomic mass is 19.1. The zero-order chi connectivity index (χ0) is 12.7. The molecule has 0 aromatic heterocycles. The van der Waals surface area contributed by atoms with Gasteiger partial charge in [0.15, 0.2) is 0 Å². The van der Waals surface area contributed by atoms with Gasteiger partial charge in [0.1, 0.15) is 5.82 Å². The summed E-state index contributed by atoms with van der Waals surface area (Å²) >= 11 is 0. The maximum absolute atomic E-state index is 12.7. The van der Waals surface area contributed by atoms with Gasteiger partial charge in [0, 0.05) is 18.7 Å². The second kappa shape index (κ2) is 7.41. The predicted octanol–water partition coefficient (Wildman–Crippen LogP) is 2.51. The SMILES string of the molecule is C[C@H](CCCO)N[C@H](C)Cc1ccc(F)cc1. The van der Waals surface area contributed by atoms with Crippen LogP contribution in [0.2, 0.25) is 0 Å². The van der Waals surface area contributed by atoms with Crippen LogP contribution >= 0.6 is 0 Å². The minimum absolute atomic E-state index is 0.189.